The quantitative estimate of drug-likeness (QED) is 0.461. The monoisotopic (exact) mass is 439 g/mol. The summed E-state index contributed by atoms with van der Waals surface area (Å²) in [5, 5.41) is 0. The van der Waals surface area contributed by atoms with Crippen LogP contribution in [0.25, 0.3) is 0 Å². The molecule has 0 aliphatic rings. The molecule has 0 heterocycles. The Balaban J connectivity index is -0.0000000574. The van der Waals surface area contributed by atoms with Crippen LogP contribution in [0, 0.1) is 0 Å². The number of alkyl halides is 3. The third kappa shape index (κ3) is 64.9. The molecule has 3 nitrogen and oxygen atoms in total. The molecule has 0 fully saturated rings. The lowest BCUT2D eigenvalue weighted by Crippen LogP contribution is -2.50. The molecule has 0 atom stereocenters. The van der Waals surface area contributed by atoms with Crippen molar-refractivity contribution in [3.8, 4) is 0 Å². The minimum atomic E-state index is -4.75. The topological polar surface area (TPSA) is 38.3 Å². The first-order valence-electron chi connectivity index (χ1n) is 8.13. The molecule has 0 saturated carbocycles. The lowest BCUT2D eigenvalue weighted by atomic mass is 10.6. The van der Waals surface area contributed by atoms with Crippen molar-refractivity contribution in [2.24, 2.45) is 0 Å². The third-order valence-electron chi connectivity index (χ3n) is 1.36. The maximum absolute atomic E-state index is 11.6. The van der Waals surface area contributed by atoms with Gasteiger partial charge in [0.1, 0.15) is 8.24 Å². The highest BCUT2D eigenvalue weighted by Gasteiger charge is 2.40. The van der Waals surface area contributed by atoms with Crippen LogP contribution >= 0.6 is 0 Å². The van der Waals surface area contributed by atoms with Crippen LogP contribution in [0.2, 0.25) is 65.5 Å². The molecule has 0 rings (SSSR count). The van der Waals surface area contributed by atoms with Gasteiger partial charge in [0.2, 0.25) is 0 Å². The molecule has 0 aliphatic carbocycles. The molecule has 1 N–H and O–H groups in total. The number of rotatable bonds is 2. The normalized spacial score (nSPS) is 10.8. The molecule has 0 aromatic carbocycles. The minimum Gasteiger partial charge on any atom is -0.421 e. The largest absolute Gasteiger partial charge is 0.470 e. The molecule has 9 heteroatoms. The molecule has 0 aliphatic heterocycles. The summed E-state index contributed by atoms with van der Waals surface area (Å²) in [5.74, 6) is -1.84. The van der Waals surface area contributed by atoms with Gasteiger partial charge in [-0.25, -0.2) is 0 Å². The van der Waals surface area contributed by atoms with Gasteiger partial charge in [0.05, 0.1) is 0 Å². The van der Waals surface area contributed by atoms with Crippen molar-refractivity contribution in [1.82, 2.24) is 4.98 Å². The maximum atomic E-state index is 11.6. The van der Waals surface area contributed by atoms with Crippen LogP contribution in [0.15, 0.2) is 0 Å². The Morgan fingerprint density at radius 2 is 1.00 bits per heavy atom. The standard InChI is InChI=1S/C5H10F3NOSi.C4H12OSi.C4H12Si.C2H6.2CH4/c1-11(2,3)9-4(10)5(6,7)8;1-5-6(2,3)4;1-5(2,3)4;1-2;;/h1-3H3,(H,9,10);1-4H3;1-4H3;1-2H3;2*1H4. The summed E-state index contributed by atoms with van der Waals surface area (Å²) in [6.45, 7) is 24.6. The zero-order chi connectivity index (χ0) is 21.0. The van der Waals surface area contributed by atoms with E-state index in [9.17, 15) is 18.0 Å². The van der Waals surface area contributed by atoms with Crippen molar-refractivity contribution < 1.29 is 22.4 Å². The lowest BCUT2D eigenvalue weighted by Gasteiger charge is -2.18. The lowest BCUT2D eigenvalue weighted by molar-refractivity contribution is -0.171. The molecule has 0 radical (unpaired) electrons. The molecule has 0 aromatic rings. The zero-order valence-electron chi connectivity index (χ0n) is 18.0. The van der Waals surface area contributed by atoms with Crippen molar-refractivity contribution >= 4 is 30.5 Å². The smallest absolute Gasteiger partial charge is 0.421 e. The van der Waals surface area contributed by atoms with E-state index >= 15 is 0 Å². The van der Waals surface area contributed by atoms with Crippen LogP contribution < -0.4 is 4.98 Å². The van der Waals surface area contributed by atoms with Crippen LogP contribution in [-0.2, 0) is 9.22 Å². The maximum Gasteiger partial charge on any atom is 0.470 e. The van der Waals surface area contributed by atoms with Gasteiger partial charge in [-0.2, -0.15) is 13.2 Å². The van der Waals surface area contributed by atoms with Gasteiger partial charge in [-0.1, -0.05) is 74.5 Å². The van der Waals surface area contributed by atoms with Crippen LogP contribution in [0.4, 0.5) is 13.2 Å². The second-order valence-corrected chi connectivity index (χ2v) is 23.9. The Hall–Kier alpha value is -0.129. The number of hydrogen-bond donors (Lipinski definition) is 1. The van der Waals surface area contributed by atoms with E-state index in [1.165, 1.54) is 0 Å². The molecule has 0 unspecified atom stereocenters. The molecule has 0 bridgehead atoms. The van der Waals surface area contributed by atoms with Crippen LogP contribution in [0.3, 0.4) is 0 Å². The van der Waals surface area contributed by atoms with Gasteiger partial charge in [-0.3, -0.25) is 4.79 Å². The van der Waals surface area contributed by atoms with E-state index < -0.39 is 36.7 Å². The second kappa shape index (κ2) is 17.0. The summed E-state index contributed by atoms with van der Waals surface area (Å²) >= 11 is 0. The number of carbonyl (C=O) groups excluding carboxylic acids is 1. The first kappa shape index (κ1) is 40.5. The number of hydrogen-bond acceptors (Lipinski definition) is 2. The summed E-state index contributed by atoms with van der Waals surface area (Å²) in [6, 6.07) is 0. The van der Waals surface area contributed by atoms with E-state index in [2.05, 4.69) is 45.8 Å². The van der Waals surface area contributed by atoms with Crippen molar-refractivity contribution in [3.05, 3.63) is 0 Å². The van der Waals surface area contributed by atoms with Crippen molar-refractivity contribution in [2.45, 2.75) is 100 Å². The minimum absolute atomic E-state index is 0. The van der Waals surface area contributed by atoms with Gasteiger partial charge in [0.25, 0.3) is 0 Å². The van der Waals surface area contributed by atoms with Crippen LogP contribution in [0.1, 0.15) is 28.7 Å². The summed E-state index contributed by atoms with van der Waals surface area (Å²) in [7, 11) is -2.12. The van der Waals surface area contributed by atoms with Crippen molar-refractivity contribution in [1.29, 1.82) is 0 Å². The second-order valence-electron chi connectivity index (χ2n) is 8.52. The van der Waals surface area contributed by atoms with Gasteiger partial charge in [-0.05, 0) is 19.6 Å². The third-order valence-corrected chi connectivity index (χ3v) is 3.56. The Morgan fingerprint density at radius 3 is 1.04 bits per heavy atom. The molecule has 0 spiro atoms. The van der Waals surface area contributed by atoms with E-state index in [4.69, 9.17) is 4.43 Å². The fraction of sp³-hybridized carbons (Fsp3) is 0.941. The first-order valence-corrected chi connectivity index (χ1v) is 19.0. The number of nitrogens with one attached hydrogen (secondary N) is 1. The predicted octanol–water partition coefficient (Wildman–Crippen LogP) is 7.22. The fourth-order valence-electron chi connectivity index (χ4n) is 0.411. The summed E-state index contributed by atoms with van der Waals surface area (Å²) in [6.07, 6.45) is -4.75. The molecular formula is C17H48F3NO2Si3. The highest BCUT2D eigenvalue weighted by molar-refractivity contribution is 6.76. The van der Waals surface area contributed by atoms with Crippen molar-refractivity contribution in [2.75, 3.05) is 7.11 Å². The molecule has 0 aromatic heterocycles. The van der Waals surface area contributed by atoms with E-state index in [0.717, 1.165) is 0 Å². The fourth-order valence-corrected chi connectivity index (χ4v) is 1.23. The molecule has 0 saturated heterocycles. The van der Waals surface area contributed by atoms with Gasteiger partial charge in [-0.15, -0.1) is 0 Å². The summed E-state index contributed by atoms with van der Waals surface area (Å²) in [4.78, 5) is 12.2. The van der Waals surface area contributed by atoms with Gasteiger partial charge >= 0.3 is 12.1 Å². The first-order chi connectivity index (χ1) is 10.2. The summed E-state index contributed by atoms with van der Waals surface area (Å²) < 4.78 is 39.8. The molecule has 1 amide bonds. The van der Waals surface area contributed by atoms with E-state index in [1.54, 1.807) is 26.8 Å². The molecule has 26 heavy (non-hydrogen) atoms. The predicted molar refractivity (Wildman–Crippen MR) is 122 cm³/mol. The van der Waals surface area contributed by atoms with E-state index in [0.29, 0.717) is 0 Å². The summed E-state index contributed by atoms with van der Waals surface area (Å²) in [5.41, 5.74) is 0. The Morgan fingerprint density at radius 1 is 0.808 bits per heavy atom. The highest BCUT2D eigenvalue weighted by atomic mass is 28.4. The van der Waals surface area contributed by atoms with E-state index in [1.807, 2.05) is 18.8 Å². The number of carbonyl (C=O) groups is 1. The van der Waals surface area contributed by atoms with Crippen molar-refractivity contribution in [3.63, 3.8) is 0 Å². The zero-order valence-corrected chi connectivity index (χ0v) is 21.0. The molecule has 166 valence electrons. The van der Waals surface area contributed by atoms with Gasteiger partial charge in [0, 0.05) is 15.2 Å². The van der Waals surface area contributed by atoms with Crippen LogP contribution in [0.5, 0.6) is 0 Å². The highest BCUT2D eigenvalue weighted by Crippen LogP contribution is 2.15. The van der Waals surface area contributed by atoms with Gasteiger partial charge < -0.3 is 9.41 Å². The molecular weight excluding hydrogens is 391 g/mol. The Bertz CT molecular complexity index is 313. The SMILES string of the molecule is C.C.CC.CO[Si](C)(C)C.C[Si](C)(C)C.C[Si](C)(C)NC(=O)C(F)(F)F. The average Bonchev–Trinajstić information content (AvgIpc) is 2.26. The Kier molecular flexibility index (Phi) is 26.5. The van der Waals surface area contributed by atoms with Crippen LogP contribution in [-0.4, -0.2) is 43.8 Å². The average molecular weight is 440 g/mol. The number of amides is 1. The number of halogens is 3. The van der Waals surface area contributed by atoms with E-state index in [-0.39, 0.29) is 14.9 Å². The van der Waals surface area contributed by atoms with Gasteiger partial charge in [0.15, 0.2) is 8.32 Å². The Labute approximate surface area is 165 Å².